The van der Waals surface area contributed by atoms with Crippen molar-refractivity contribution in [1.29, 1.82) is 0 Å². The first-order chi connectivity index (χ1) is 5.43. The largest absolute Gasteiger partial charge is 0.480 e. The number of alkyl halides is 2. The Kier molecular flexibility index (Phi) is 1.78. The molecular weight excluding hydrogens is 174 g/mol. The highest BCUT2D eigenvalue weighted by atomic mass is 19.3. The fourth-order valence-corrected chi connectivity index (χ4v) is 1.18. The molecule has 1 unspecified atom stereocenters. The van der Waals surface area contributed by atoms with Gasteiger partial charge in [0.1, 0.15) is 0 Å². The molecule has 1 saturated carbocycles. The van der Waals surface area contributed by atoms with E-state index in [1.54, 1.807) is 0 Å². The zero-order valence-electron chi connectivity index (χ0n) is 5.83. The SMILES string of the molecule is O=C(O)C1(C(=O)O)CC1C(F)F. The third kappa shape index (κ3) is 0.945. The number of rotatable bonds is 3. The minimum absolute atomic E-state index is 0.477. The number of carbonyl (C=O) groups is 2. The lowest BCUT2D eigenvalue weighted by Crippen LogP contribution is -2.29. The Hall–Kier alpha value is -1.20. The standard InChI is InChI=1S/C6H6F2O4/c7-3(8)2-1-6(2,4(9)10)5(11)12/h2-3H,1H2,(H,9,10)(H,11,12). The Labute approximate surface area is 65.8 Å². The van der Waals surface area contributed by atoms with Gasteiger partial charge in [-0.3, -0.25) is 9.59 Å². The van der Waals surface area contributed by atoms with Crippen LogP contribution in [-0.4, -0.2) is 28.6 Å². The average Bonchev–Trinajstić information content (AvgIpc) is 2.60. The monoisotopic (exact) mass is 180 g/mol. The minimum Gasteiger partial charge on any atom is -0.480 e. The van der Waals surface area contributed by atoms with Crippen LogP contribution in [0.3, 0.4) is 0 Å². The molecule has 1 aliphatic rings. The lowest BCUT2D eigenvalue weighted by Gasteiger charge is -2.04. The molecule has 0 aromatic carbocycles. The predicted octanol–water partition coefficient (Wildman–Crippen LogP) is 0.427. The van der Waals surface area contributed by atoms with Gasteiger partial charge in [-0.15, -0.1) is 0 Å². The summed E-state index contributed by atoms with van der Waals surface area (Å²) in [6.07, 6.45) is -3.35. The molecule has 6 heteroatoms. The predicted molar refractivity (Wildman–Crippen MR) is 31.8 cm³/mol. The number of carboxylic acid groups (broad SMARTS) is 2. The molecule has 0 heterocycles. The van der Waals surface area contributed by atoms with Crippen LogP contribution in [-0.2, 0) is 9.59 Å². The van der Waals surface area contributed by atoms with E-state index in [4.69, 9.17) is 10.2 Å². The highest BCUT2D eigenvalue weighted by Crippen LogP contribution is 2.56. The van der Waals surface area contributed by atoms with E-state index in [2.05, 4.69) is 0 Å². The molecule has 4 nitrogen and oxygen atoms in total. The Balaban J connectivity index is 2.83. The van der Waals surface area contributed by atoms with E-state index in [0.29, 0.717) is 0 Å². The van der Waals surface area contributed by atoms with Gasteiger partial charge in [0.05, 0.1) is 0 Å². The summed E-state index contributed by atoms with van der Waals surface area (Å²) in [7, 11) is 0. The second-order valence-corrected chi connectivity index (χ2v) is 2.73. The van der Waals surface area contributed by atoms with Gasteiger partial charge in [-0.1, -0.05) is 0 Å². The molecule has 1 rings (SSSR count). The van der Waals surface area contributed by atoms with Gasteiger partial charge in [0.15, 0.2) is 5.41 Å². The summed E-state index contributed by atoms with van der Waals surface area (Å²) < 4.78 is 23.8. The summed E-state index contributed by atoms with van der Waals surface area (Å²) in [5, 5.41) is 16.8. The quantitative estimate of drug-likeness (QED) is 0.617. The van der Waals surface area contributed by atoms with E-state index in [-0.39, 0.29) is 0 Å². The number of hydrogen-bond acceptors (Lipinski definition) is 2. The van der Waals surface area contributed by atoms with Crippen molar-refractivity contribution in [1.82, 2.24) is 0 Å². The summed E-state index contributed by atoms with van der Waals surface area (Å²) in [5.41, 5.74) is -2.23. The second-order valence-electron chi connectivity index (χ2n) is 2.73. The highest BCUT2D eigenvalue weighted by Gasteiger charge is 2.70. The van der Waals surface area contributed by atoms with Crippen LogP contribution < -0.4 is 0 Å². The molecule has 0 aromatic rings. The van der Waals surface area contributed by atoms with Crippen LogP contribution in [0.4, 0.5) is 8.78 Å². The summed E-state index contributed by atoms with van der Waals surface area (Å²) in [6.45, 7) is 0. The lowest BCUT2D eigenvalue weighted by molar-refractivity contribution is -0.159. The van der Waals surface area contributed by atoms with Gasteiger partial charge in [0.25, 0.3) is 0 Å². The highest BCUT2D eigenvalue weighted by molar-refractivity contribution is 6.02. The molecule has 0 bridgehead atoms. The van der Waals surface area contributed by atoms with Crippen LogP contribution in [0.2, 0.25) is 0 Å². The molecule has 0 radical (unpaired) electrons. The maximum Gasteiger partial charge on any atom is 0.321 e. The van der Waals surface area contributed by atoms with Gasteiger partial charge in [-0.25, -0.2) is 8.78 Å². The summed E-state index contributed by atoms with van der Waals surface area (Å²) in [4.78, 5) is 20.7. The number of halogens is 2. The molecule has 0 aliphatic heterocycles. The van der Waals surface area contributed by atoms with Crippen molar-refractivity contribution in [2.24, 2.45) is 11.3 Å². The molecule has 1 aliphatic carbocycles. The van der Waals surface area contributed by atoms with Crippen molar-refractivity contribution in [3.63, 3.8) is 0 Å². The third-order valence-corrected chi connectivity index (χ3v) is 2.08. The maximum atomic E-state index is 11.9. The normalized spacial score (nSPS) is 25.4. The van der Waals surface area contributed by atoms with Crippen LogP contribution >= 0.6 is 0 Å². The van der Waals surface area contributed by atoms with Crippen molar-refractivity contribution >= 4 is 11.9 Å². The van der Waals surface area contributed by atoms with Crippen molar-refractivity contribution in [3.8, 4) is 0 Å². The minimum atomic E-state index is -2.88. The van der Waals surface area contributed by atoms with E-state index >= 15 is 0 Å². The molecule has 1 fully saturated rings. The van der Waals surface area contributed by atoms with Gasteiger partial charge in [-0.2, -0.15) is 0 Å². The van der Waals surface area contributed by atoms with E-state index in [1.807, 2.05) is 0 Å². The van der Waals surface area contributed by atoms with E-state index in [0.717, 1.165) is 0 Å². The fourth-order valence-electron chi connectivity index (χ4n) is 1.18. The molecule has 1 atom stereocenters. The molecule has 0 aromatic heterocycles. The van der Waals surface area contributed by atoms with E-state index in [9.17, 15) is 18.4 Å². The topological polar surface area (TPSA) is 74.6 Å². The van der Waals surface area contributed by atoms with Crippen molar-refractivity contribution in [2.45, 2.75) is 12.8 Å². The van der Waals surface area contributed by atoms with Crippen LogP contribution in [0.5, 0.6) is 0 Å². The zero-order chi connectivity index (χ0) is 9.52. The molecule has 2 N–H and O–H groups in total. The lowest BCUT2D eigenvalue weighted by atomic mass is 10.1. The second kappa shape index (κ2) is 2.40. The Bertz CT molecular complexity index is 224. The third-order valence-electron chi connectivity index (χ3n) is 2.08. The van der Waals surface area contributed by atoms with Crippen LogP contribution in [0, 0.1) is 11.3 Å². The Morgan fingerprint density at radius 2 is 1.75 bits per heavy atom. The van der Waals surface area contributed by atoms with E-state index < -0.39 is 36.1 Å². The van der Waals surface area contributed by atoms with Crippen molar-refractivity contribution in [3.05, 3.63) is 0 Å². The van der Waals surface area contributed by atoms with Gasteiger partial charge in [0.2, 0.25) is 6.43 Å². The molecule has 0 amide bonds. The summed E-state index contributed by atoms with van der Waals surface area (Å²) in [6, 6.07) is 0. The number of carboxylic acids is 2. The van der Waals surface area contributed by atoms with Crippen LogP contribution in [0.15, 0.2) is 0 Å². The van der Waals surface area contributed by atoms with Crippen molar-refractivity contribution < 1.29 is 28.6 Å². The first-order valence-corrected chi connectivity index (χ1v) is 3.18. The molecule has 0 saturated heterocycles. The summed E-state index contributed by atoms with van der Waals surface area (Å²) in [5.74, 6) is -4.90. The molecular formula is C6H6F2O4. The van der Waals surface area contributed by atoms with Gasteiger partial charge >= 0.3 is 11.9 Å². The van der Waals surface area contributed by atoms with Gasteiger partial charge < -0.3 is 10.2 Å². The summed E-state index contributed by atoms with van der Waals surface area (Å²) >= 11 is 0. The molecule has 0 spiro atoms. The fraction of sp³-hybridized carbons (Fsp3) is 0.667. The zero-order valence-corrected chi connectivity index (χ0v) is 5.83. The van der Waals surface area contributed by atoms with Gasteiger partial charge in [-0.05, 0) is 6.42 Å². The maximum absolute atomic E-state index is 11.9. The van der Waals surface area contributed by atoms with E-state index in [1.165, 1.54) is 0 Å². The first-order valence-electron chi connectivity index (χ1n) is 3.18. The average molecular weight is 180 g/mol. The Morgan fingerprint density at radius 1 is 1.33 bits per heavy atom. The van der Waals surface area contributed by atoms with Crippen molar-refractivity contribution in [2.75, 3.05) is 0 Å². The number of aliphatic carboxylic acids is 2. The molecule has 12 heavy (non-hydrogen) atoms. The van der Waals surface area contributed by atoms with Crippen LogP contribution in [0.25, 0.3) is 0 Å². The first kappa shape index (κ1) is 8.89. The molecule has 68 valence electrons. The van der Waals surface area contributed by atoms with Gasteiger partial charge in [0, 0.05) is 5.92 Å². The van der Waals surface area contributed by atoms with Crippen LogP contribution in [0.1, 0.15) is 6.42 Å². The number of hydrogen-bond donors (Lipinski definition) is 2. The smallest absolute Gasteiger partial charge is 0.321 e. The Morgan fingerprint density at radius 3 is 1.83 bits per heavy atom.